The molecule has 0 aromatic heterocycles. The van der Waals surface area contributed by atoms with Crippen molar-refractivity contribution in [1.82, 2.24) is 0 Å². The summed E-state index contributed by atoms with van der Waals surface area (Å²) < 4.78 is 0. The summed E-state index contributed by atoms with van der Waals surface area (Å²) in [5, 5.41) is 3.68. The molecule has 0 fully saturated rings. The minimum absolute atomic E-state index is 0.608. The van der Waals surface area contributed by atoms with Crippen LogP contribution in [0.5, 0.6) is 0 Å². The molecule has 1 heteroatoms. The van der Waals surface area contributed by atoms with E-state index in [9.17, 15) is 0 Å². The van der Waals surface area contributed by atoms with Gasteiger partial charge in [0, 0.05) is 11.7 Å². The van der Waals surface area contributed by atoms with Crippen LogP contribution in [-0.2, 0) is 6.42 Å². The number of unbranched alkanes of at least 4 members (excludes halogenated alkanes) is 1. The van der Waals surface area contributed by atoms with Crippen LogP contribution < -0.4 is 5.32 Å². The van der Waals surface area contributed by atoms with Gasteiger partial charge < -0.3 is 5.32 Å². The maximum Gasteiger partial charge on any atom is 0.0342 e. The molecule has 1 N–H and O–H groups in total. The lowest BCUT2D eigenvalue weighted by Crippen LogP contribution is -2.21. The molecule has 1 aromatic rings. The van der Waals surface area contributed by atoms with Gasteiger partial charge in [0.1, 0.15) is 0 Å². The van der Waals surface area contributed by atoms with Gasteiger partial charge in [0.25, 0.3) is 0 Å². The van der Waals surface area contributed by atoms with E-state index in [-0.39, 0.29) is 0 Å². The van der Waals surface area contributed by atoms with E-state index >= 15 is 0 Å². The third-order valence-electron chi connectivity index (χ3n) is 4.02. The second-order valence-corrected chi connectivity index (χ2v) is 5.80. The quantitative estimate of drug-likeness (QED) is 0.605. The first-order valence-corrected chi connectivity index (χ1v) is 8.05. The van der Waals surface area contributed by atoms with Crippen LogP contribution in [0, 0.1) is 5.92 Å². The van der Waals surface area contributed by atoms with Crippen LogP contribution in [0.25, 0.3) is 0 Å². The highest BCUT2D eigenvalue weighted by atomic mass is 14.9. The summed E-state index contributed by atoms with van der Waals surface area (Å²) in [5.41, 5.74) is 2.73. The molecule has 0 radical (unpaired) electrons. The molecule has 2 atom stereocenters. The minimum Gasteiger partial charge on any atom is -0.382 e. The molecule has 0 amide bonds. The average molecular weight is 261 g/mol. The highest BCUT2D eigenvalue weighted by Gasteiger charge is 2.10. The number of benzene rings is 1. The lowest BCUT2D eigenvalue weighted by atomic mass is 9.97. The van der Waals surface area contributed by atoms with E-state index in [1.54, 1.807) is 0 Å². The fourth-order valence-electron chi connectivity index (χ4n) is 2.36. The summed E-state index contributed by atoms with van der Waals surface area (Å²) in [4.78, 5) is 0. The van der Waals surface area contributed by atoms with E-state index in [0.29, 0.717) is 6.04 Å². The molecule has 0 aliphatic rings. The van der Waals surface area contributed by atoms with Crippen molar-refractivity contribution in [3.8, 4) is 0 Å². The summed E-state index contributed by atoms with van der Waals surface area (Å²) >= 11 is 0. The molecule has 0 saturated heterocycles. The van der Waals surface area contributed by atoms with Crippen molar-refractivity contribution in [2.24, 2.45) is 5.92 Å². The van der Waals surface area contributed by atoms with Crippen molar-refractivity contribution in [3.63, 3.8) is 0 Å². The second kappa shape index (κ2) is 9.01. The topological polar surface area (TPSA) is 12.0 Å². The molecule has 1 nitrogen and oxygen atoms in total. The zero-order chi connectivity index (χ0) is 14.1. The van der Waals surface area contributed by atoms with Crippen LogP contribution in [0.4, 0.5) is 5.69 Å². The summed E-state index contributed by atoms with van der Waals surface area (Å²) in [6.07, 6.45) is 7.51. The third-order valence-corrected chi connectivity index (χ3v) is 4.02. The van der Waals surface area contributed by atoms with Gasteiger partial charge in [0.05, 0.1) is 0 Å². The van der Waals surface area contributed by atoms with Crippen molar-refractivity contribution < 1.29 is 0 Å². The van der Waals surface area contributed by atoms with Gasteiger partial charge in [0.2, 0.25) is 0 Å². The van der Waals surface area contributed by atoms with E-state index in [4.69, 9.17) is 0 Å². The van der Waals surface area contributed by atoms with Gasteiger partial charge in [-0.2, -0.15) is 0 Å². The van der Waals surface area contributed by atoms with Crippen molar-refractivity contribution in [3.05, 3.63) is 29.8 Å². The zero-order valence-electron chi connectivity index (χ0n) is 13.2. The molecule has 2 unspecified atom stereocenters. The Balaban J connectivity index is 2.50. The normalized spacial score (nSPS) is 14.1. The number of hydrogen-bond donors (Lipinski definition) is 1. The van der Waals surface area contributed by atoms with E-state index in [1.165, 1.54) is 49.8 Å². The number of aryl methyl sites for hydroxylation is 1. The molecule has 0 spiro atoms. The smallest absolute Gasteiger partial charge is 0.0342 e. The number of anilines is 1. The van der Waals surface area contributed by atoms with Gasteiger partial charge >= 0.3 is 0 Å². The standard InChI is InChI=1S/C18H31N/c1-5-8-9-16-10-12-18(13-11-16)19-17(7-3)14-15(4)6-2/h10-13,15,17,19H,5-9,14H2,1-4H3. The Hall–Kier alpha value is -0.980. The van der Waals surface area contributed by atoms with Gasteiger partial charge in [-0.3, -0.25) is 0 Å². The summed E-state index contributed by atoms with van der Waals surface area (Å²) in [6.45, 7) is 9.14. The zero-order valence-corrected chi connectivity index (χ0v) is 13.2. The average Bonchev–Trinajstić information content (AvgIpc) is 2.45. The van der Waals surface area contributed by atoms with Gasteiger partial charge in [-0.25, -0.2) is 0 Å². The number of nitrogens with one attached hydrogen (secondary N) is 1. The molecule has 0 saturated carbocycles. The van der Waals surface area contributed by atoms with Gasteiger partial charge in [-0.05, 0) is 49.3 Å². The van der Waals surface area contributed by atoms with Gasteiger partial charge in [-0.15, -0.1) is 0 Å². The number of hydrogen-bond acceptors (Lipinski definition) is 1. The van der Waals surface area contributed by atoms with Gasteiger partial charge in [-0.1, -0.05) is 52.7 Å². The third kappa shape index (κ3) is 6.13. The molecule has 1 aromatic carbocycles. The molecule has 108 valence electrons. The van der Waals surface area contributed by atoms with Crippen LogP contribution in [0.2, 0.25) is 0 Å². The Bertz CT molecular complexity index is 328. The Morgan fingerprint density at radius 1 is 1.00 bits per heavy atom. The lowest BCUT2D eigenvalue weighted by molar-refractivity contribution is 0.462. The van der Waals surface area contributed by atoms with Crippen molar-refractivity contribution in [2.75, 3.05) is 5.32 Å². The molecule has 0 aliphatic heterocycles. The molecular formula is C18H31N. The molecular weight excluding hydrogens is 230 g/mol. The maximum atomic E-state index is 3.68. The first-order chi connectivity index (χ1) is 9.19. The van der Waals surface area contributed by atoms with Crippen LogP contribution in [0.15, 0.2) is 24.3 Å². The fraction of sp³-hybridized carbons (Fsp3) is 0.667. The van der Waals surface area contributed by atoms with Crippen molar-refractivity contribution in [1.29, 1.82) is 0 Å². The van der Waals surface area contributed by atoms with Crippen LogP contribution in [-0.4, -0.2) is 6.04 Å². The predicted octanol–water partition coefficient (Wildman–Crippen LogP) is 5.66. The van der Waals surface area contributed by atoms with Crippen LogP contribution in [0.1, 0.15) is 65.4 Å². The Morgan fingerprint density at radius 3 is 2.21 bits per heavy atom. The molecule has 0 heterocycles. The summed E-state index contributed by atoms with van der Waals surface area (Å²) in [5.74, 6) is 0.807. The Morgan fingerprint density at radius 2 is 1.68 bits per heavy atom. The molecule has 1 rings (SSSR count). The Labute approximate surface area is 119 Å². The van der Waals surface area contributed by atoms with Crippen molar-refractivity contribution >= 4 is 5.69 Å². The fourth-order valence-corrected chi connectivity index (χ4v) is 2.36. The van der Waals surface area contributed by atoms with Crippen molar-refractivity contribution in [2.45, 2.75) is 72.3 Å². The van der Waals surface area contributed by atoms with Crippen LogP contribution in [0.3, 0.4) is 0 Å². The lowest BCUT2D eigenvalue weighted by Gasteiger charge is -2.21. The SMILES string of the molecule is CCCCc1ccc(NC(CC)CC(C)CC)cc1. The van der Waals surface area contributed by atoms with Crippen LogP contribution >= 0.6 is 0 Å². The number of rotatable bonds is 9. The predicted molar refractivity (Wildman–Crippen MR) is 86.8 cm³/mol. The van der Waals surface area contributed by atoms with Gasteiger partial charge in [0.15, 0.2) is 0 Å². The molecule has 0 bridgehead atoms. The van der Waals surface area contributed by atoms with E-state index in [0.717, 1.165) is 5.92 Å². The van der Waals surface area contributed by atoms with E-state index in [1.807, 2.05) is 0 Å². The monoisotopic (exact) mass is 261 g/mol. The van der Waals surface area contributed by atoms with E-state index in [2.05, 4.69) is 57.3 Å². The second-order valence-electron chi connectivity index (χ2n) is 5.80. The summed E-state index contributed by atoms with van der Waals surface area (Å²) in [6, 6.07) is 9.63. The maximum absolute atomic E-state index is 3.68. The highest BCUT2D eigenvalue weighted by Crippen LogP contribution is 2.18. The summed E-state index contributed by atoms with van der Waals surface area (Å²) in [7, 11) is 0. The molecule has 0 aliphatic carbocycles. The highest BCUT2D eigenvalue weighted by molar-refractivity contribution is 5.45. The molecule has 19 heavy (non-hydrogen) atoms. The Kier molecular flexibility index (Phi) is 7.62. The van der Waals surface area contributed by atoms with E-state index < -0.39 is 0 Å². The largest absolute Gasteiger partial charge is 0.382 e. The first kappa shape index (κ1) is 16.1. The first-order valence-electron chi connectivity index (χ1n) is 8.05. The minimum atomic E-state index is 0.608.